The van der Waals surface area contributed by atoms with E-state index in [0.29, 0.717) is 0 Å². The second kappa shape index (κ2) is 4.00. The maximum atomic E-state index is 9.32. The van der Waals surface area contributed by atoms with Gasteiger partial charge in [-0.15, -0.1) is 0 Å². The van der Waals surface area contributed by atoms with Crippen molar-refractivity contribution < 1.29 is 5.11 Å². The lowest BCUT2D eigenvalue weighted by atomic mass is 10.2. The second-order valence-electron chi connectivity index (χ2n) is 2.12. The van der Waals surface area contributed by atoms with Gasteiger partial charge in [0.1, 0.15) is 16.6 Å². The maximum absolute atomic E-state index is 9.32. The Kier molecular flexibility index (Phi) is 3.22. The quantitative estimate of drug-likeness (QED) is 0.704. The molecule has 0 amide bonds. The Morgan fingerprint density at radius 1 is 1.42 bits per heavy atom. The van der Waals surface area contributed by atoms with Crippen LogP contribution < -0.4 is 5.73 Å². The van der Waals surface area contributed by atoms with Gasteiger partial charge in [-0.3, -0.25) is 0 Å². The van der Waals surface area contributed by atoms with E-state index in [1.807, 2.05) is 0 Å². The highest BCUT2D eigenvalue weighted by atomic mass is 35.5. The van der Waals surface area contributed by atoms with Crippen molar-refractivity contribution in [3.63, 3.8) is 0 Å². The lowest BCUT2D eigenvalue weighted by Crippen LogP contribution is -2.13. The number of hydrogen-bond donors (Lipinski definition) is 2. The molecule has 0 radical (unpaired) electrons. The molecule has 1 rings (SSSR count). The fourth-order valence-corrected chi connectivity index (χ4v) is 1.31. The molecule has 1 heterocycles. The van der Waals surface area contributed by atoms with Crippen LogP contribution in [0.25, 0.3) is 0 Å². The molecule has 0 aliphatic rings. The molecule has 6 heteroatoms. The molecule has 0 unspecified atom stereocenters. The normalized spacial score (nSPS) is 13.0. The number of rotatable bonds is 2. The van der Waals surface area contributed by atoms with E-state index in [1.165, 1.54) is 6.33 Å². The van der Waals surface area contributed by atoms with E-state index < -0.39 is 6.10 Å². The Morgan fingerprint density at radius 3 is 2.33 bits per heavy atom. The van der Waals surface area contributed by atoms with Crippen molar-refractivity contribution in [2.45, 2.75) is 6.10 Å². The van der Waals surface area contributed by atoms with Gasteiger partial charge in [-0.05, 0) is 0 Å². The minimum atomic E-state index is -0.911. The summed E-state index contributed by atoms with van der Waals surface area (Å²) in [4.78, 5) is 7.33. The average molecular weight is 208 g/mol. The van der Waals surface area contributed by atoms with Gasteiger partial charge in [0.05, 0.1) is 11.7 Å². The highest BCUT2D eigenvalue weighted by molar-refractivity contribution is 6.34. The van der Waals surface area contributed by atoms with Gasteiger partial charge in [0.15, 0.2) is 0 Å². The maximum Gasteiger partial charge on any atom is 0.139 e. The highest BCUT2D eigenvalue weighted by Gasteiger charge is 2.15. The van der Waals surface area contributed by atoms with Crippen molar-refractivity contribution in [3.8, 4) is 0 Å². The number of hydrogen-bond acceptors (Lipinski definition) is 4. The molecule has 0 spiro atoms. The third kappa shape index (κ3) is 1.84. The number of aromatic nitrogens is 2. The van der Waals surface area contributed by atoms with Crippen molar-refractivity contribution in [1.82, 2.24) is 9.97 Å². The van der Waals surface area contributed by atoms with Crippen LogP contribution in [0.2, 0.25) is 10.3 Å². The summed E-state index contributed by atoms with van der Waals surface area (Å²) in [6, 6.07) is 0. The second-order valence-corrected chi connectivity index (χ2v) is 2.84. The Balaban J connectivity index is 3.12. The molecule has 0 bridgehead atoms. The van der Waals surface area contributed by atoms with Crippen LogP contribution in [0.1, 0.15) is 11.7 Å². The Labute approximate surface area is 79.3 Å². The van der Waals surface area contributed by atoms with Crippen LogP contribution in [0.15, 0.2) is 6.33 Å². The molecule has 1 aromatic rings. The Morgan fingerprint density at radius 2 is 1.92 bits per heavy atom. The fraction of sp³-hybridized carbons (Fsp3) is 0.333. The summed E-state index contributed by atoms with van der Waals surface area (Å²) < 4.78 is 0. The van der Waals surface area contributed by atoms with Gasteiger partial charge in [0.2, 0.25) is 0 Å². The molecule has 0 aliphatic carbocycles. The highest BCUT2D eigenvalue weighted by Crippen LogP contribution is 2.25. The summed E-state index contributed by atoms with van der Waals surface area (Å²) in [5.74, 6) is 0. The van der Waals surface area contributed by atoms with Gasteiger partial charge in [-0.2, -0.15) is 0 Å². The molecule has 3 N–H and O–H groups in total. The smallest absolute Gasteiger partial charge is 0.139 e. The van der Waals surface area contributed by atoms with Gasteiger partial charge in [0, 0.05) is 6.54 Å². The fourth-order valence-electron chi connectivity index (χ4n) is 0.747. The lowest BCUT2D eigenvalue weighted by molar-refractivity contribution is 0.186. The summed E-state index contributed by atoms with van der Waals surface area (Å²) in [6.45, 7) is 0.0345. The monoisotopic (exact) mass is 207 g/mol. The molecule has 12 heavy (non-hydrogen) atoms. The minimum Gasteiger partial charge on any atom is -0.387 e. The Bertz CT molecular complexity index is 261. The van der Waals surface area contributed by atoms with E-state index in [9.17, 15) is 5.11 Å². The van der Waals surface area contributed by atoms with Crippen LogP contribution >= 0.6 is 23.2 Å². The van der Waals surface area contributed by atoms with Crippen molar-refractivity contribution >= 4 is 23.2 Å². The first kappa shape index (κ1) is 9.67. The van der Waals surface area contributed by atoms with Crippen molar-refractivity contribution in [3.05, 3.63) is 22.2 Å². The lowest BCUT2D eigenvalue weighted by Gasteiger charge is -2.09. The zero-order valence-corrected chi connectivity index (χ0v) is 7.55. The van der Waals surface area contributed by atoms with Gasteiger partial charge in [-0.1, -0.05) is 23.2 Å². The number of nitrogens with zero attached hydrogens (tertiary/aromatic N) is 2. The standard InChI is InChI=1S/C6H7Cl2N3O/c7-5-4(3(12)1-9)6(8)11-2-10-5/h2-3,12H,1,9H2/t3-/m0/s1. The van der Waals surface area contributed by atoms with Gasteiger partial charge in [0.25, 0.3) is 0 Å². The van der Waals surface area contributed by atoms with Gasteiger partial charge >= 0.3 is 0 Å². The van der Waals surface area contributed by atoms with Crippen molar-refractivity contribution in [2.75, 3.05) is 6.54 Å². The molecular formula is C6H7Cl2N3O. The number of halogens is 2. The predicted molar refractivity (Wildman–Crippen MR) is 46.1 cm³/mol. The molecule has 66 valence electrons. The van der Waals surface area contributed by atoms with Crippen LogP contribution in [0.4, 0.5) is 0 Å². The third-order valence-electron chi connectivity index (χ3n) is 1.34. The molecular weight excluding hydrogens is 201 g/mol. The van der Waals surface area contributed by atoms with Crippen LogP contribution in [0.5, 0.6) is 0 Å². The predicted octanol–water partition coefficient (Wildman–Crippen LogP) is 0.776. The van der Waals surface area contributed by atoms with Gasteiger partial charge < -0.3 is 10.8 Å². The van der Waals surface area contributed by atoms with Gasteiger partial charge in [-0.25, -0.2) is 9.97 Å². The van der Waals surface area contributed by atoms with Crippen LogP contribution in [-0.4, -0.2) is 21.6 Å². The zero-order chi connectivity index (χ0) is 9.14. The summed E-state index contributed by atoms with van der Waals surface area (Å²) in [7, 11) is 0. The molecule has 0 saturated heterocycles. The van der Waals surface area contributed by atoms with Crippen LogP contribution in [-0.2, 0) is 0 Å². The van der Waals surface area contributed by atoms with E-state index in [4.69, 9.17) is 28.9 Å². The van der Waals surface area contributed by atoms with Crippen molar-refractivity contribution in [1.29, 1.82) is 0 Å². The van der Waals surface area contributed by atoms with Crippen LogP contribution in [0.3, 0.4) is 0 Å². The van der Waals surface area contributed by atoms with Crippen molar-refractivity contribution in [2.24, 2.45) is 5.73 Å². The molecule has 0 aromatic carbocycles. The Hall–Kier alpha value is -0.420. The summed E-state index contributed by atoms with van der Waals surface area (Å²) in [5.41, 5.74) is 5.50. The first-order valence-corrected chi connectivity index (χ1v) is 3.96. The van der Waals surface area contributed by atoms with Crippen LogP contribution in [0, 0.1) is 0 Å². The minimum absolute atomic E-state index is 0.0345. The van der Waals surface area contributed by atoms with E-state index in [-0.39, 0.29) is 22.4 Å². The van der Waals surface area contributed by atoms with E-state index in [1.54, 1.807) is 0 Å². The molecule has 1 aromatic heterocycles. The summed E-state index contributed by atoms with van der Waals surface area (Å²) in [5, 5.41) is 9.58. The van der Waals surface area contributed by atoms with E-state index in [0.717, 1.165) is 0 Å². The topological polar surface area (TPSA) is 72.0 Å². The number of aliphatic hydroxyl groups excluding tert-OH is 1. The third-order valence-corrected chi connectivity index (χ3v) is 1.95. The summed E-state index contributed by atoms with van der Waals surface area (Å²) >= 11 is 11.3. The molecule has 0 saturated carbocycles. The first-order valence-electron chi connectivity index (χ1n) is 3.20. The number of nitrogens with two attached hydrogens (primary N) is 1. The molecule has 4 nitrogen and oxygen atoms in total. The molecule has 0 aliphatic heterocycles. The SMILES string of the molecule is NC[C@H](O)c1c(Cl)ncnc1Cl. The zero-order valence-electron chi connectivity index (χ0n) is 6.04. The van der Waals surface area contributed by atoms with E-state index in [2.05, 4.69) is 9.97 Å². The summed E-state index contributed by atoms with van der Waals surface area (Å²) in [6.07, 6.45) is 0.309. The molecule has 1 atom stereocenters. The van der Waals surface area contributed by atoms with E-state index >= 15 is 0 Å². The first-order chi connectivity index (χ1) is 5.66. The number of aliphatic hydroxyl groups is 1. The molecule has 0 fully saturated rings. The largest absolute Gasteiger partial charge is 0.387 e. The average Bonchev–Trinajstić information content (AvgIpc) is 2.03.